The van der Waals surface area contributed by atoms with Crippen molar-refractivity contribution in [3.63, 3.8) is 0 Å². The highest BCUT2D eigenvalue weighted by Crippen LogP contribution is 2.32. The molecule has 0 unspecified atom stereocenters. The molecular weight excluding hydrogens is 342 g/mol. The van der Waals surface area contributed by atoms with Crippen LogP contribution in [-0.2, 0) is 0 Å². The highest BCUT2D eigenvalue weighted by molar-refractivity contribution is 9.10. The van der Waals surface area contributed by atoms with Crippen molar-refractivity contribution < 1.29 is 9.94 Å². The summed E-state index contributed by atoms with van der Waals surface area (Å²) in [4.78, 5) is 4.89. The Bertz CT molecular complexity index is 649. The highest BCUT2D eigenvalue weighted by atomic mass is 79.9. The molecule has 104 valence electrons. The number of oxime groups is 1. The number of rotatable bonds is 4. The summed E-state index contributed by atoms with van der Waals surface area (Å²) < 4.78 is 6.58. The van der Waals surface area contributed by atoms with Crippen molar-refractivity contribution in [2.75, 3.05) is 6.26 Å². The Balaban J connectivity index is 2.46. The molecule has 0 aliphatic heterocycles. The molecule has 3 N–H and O–H groups in total. The van der Waals surface area contributed by atoms with Crippen LogP contribution in [0, 0.1) is 0 Å². The molecule has 0 bridgehead atoms. The zero-order valence-corrected chi connectivity index (χ0v) is 13.0. The molecule has 0 saturated heterocycles. The van der Waals surface area contributed by atoms with Gasteiger partial charge in [-0.1, -0.05) is 11.2 Å². The first-order chi connectivity index (χ1) is 9.65. The van der Waals surface area contributed by atoms with E-state index < -0.39 is 0 Å². The number of ether oxygens (including phenoxy) is 1. The van der Waals surface area contributed by atoms with Crippen molar-refractivity contribution in [1.82, 2.24) is 4.98 Å². The molecule has 0 aliphatic rings. The first-order valence-electron chi connectivity index (χ1n) is 5.59. The third-order valence-electron chi connectivity index (χ3n) is 2.48. The number of hydrogen-bond acceptors (Lipinski definition) is 5. The van der Waals surface area contributed by atoms with Gasteiger partial charge in [-0.05, 0) is 40.4 Å². The standard InChI is InChI=1S/C13H12BrN3O2S/c1-20-11-4-2-3-10(12(11)13(15)17-18)19-9-5-8(14)6-16-7-9/h2-7,18H,1H3,(H2,15,17). The van der Waals surface area contributed by atoms with Crippen LogP contribution in [0.1, 0.15) is 5.56 Å². The average molecular weight is 354 g/mol. The Morgan fingerprint density at radius 1 is 1.45 bits per heavy atom. The van der Waals surface area contributed by atoms with Gasteiger partial charge in [0.25, 0.3) is 0 Å². The Morgan fingerprint density at radius 2 is 2.25 bits per heavy atom. The van der Waals surface area contributed by atoms with Crippen LogP contribution in [0.2, 0.25) is 0 Å². The van der Waals surface area contributed by atoms with Crippen LogP contribution >= 0.6 is 27.7 Å². The number of thioether (sulfide) groups is 1. The zero-order valence-electron chi connectivity index (χ0n) is 10.6. The number of halogens is 1. The molecule has 0 saturated carbocycles. The van der Waals surface area contributed by atoms with E-state index >= 15 is 0 Å². The molecule has 7 heteroatoms. The van der Waals surface area contributed by atoms with Gasteiger partial charge in [0.2, 0.25) is 0 Å². The first kappa shape index (κ1) is 14.7. The van der Waals surface area contributed by atoms with Crippen LogP contribution < -0.4 is 10.5 Å². The molecule has 1 heterocycles. The van der Waals surface area contributed by atoms with E-state index in [1.807, 2.05) is 18.4 Å². The summed E-state index contributed by atoms with van der Waals surface area (Å²) in [5, 5.41) is 12.0. The predicted octanol–water partition coefficient (Wildman–Crippen LogP) is 3.45. The fourth-order valence-corrected chi connectivity index (χ4v) is 2.61. The lowest BCUT2D eigenvalue weighted by molar-refractivity contribution is 0.318. The maximum atomic E-state index is 8.92. The predicted molar refractivity (Wildman–Crippen MR) is 82.7 cm³/mol. The lowest BCUT2D eigenvalue weighted by atomic mass is 10.2. The summed E-state index contributed by atoms with van der Waals surface area (Å²) in [6.07, 6.45) is 5.16. The summed E-state index contributed by atoms with van der Waals surface area (Å²) in [7, 11) is 0. The van der Waals surface area contributed by atoms with E-state index in [9.17, 15) is 0 Å². The molecule has 20 heavy (non-hydrogen) atoms. The Kier molecular flexibility index (Phi) is 4.86. The summed E-state index contributed by atoms with van der Waals surface area (Å²) in [6.45, 7) is 0. The van der Waals surface area contributed by atoms with Gasteiger partial charge in [-0.2, -0.15) is 0 Å². The second-order valence-corrected chi connectivity index (χ2v) is 5.52. The van der Waals surface area contributed by atoms with Crippen LogP contribution in [0.5, 0.6) is 11.5 Å². The number of benzene rings is 1. The normalized spacial score (nSPS) is 11.4. The van der Waals surface area contributed by atoms with Crippen molar-refractivity contribution in [1.29, 1.82) is 0 Å². The zero-order chi connectivity index (χ0) is 14.5. The molecule has 2 aromatic rings. The summed E-state index contributed by atoms with van der Waals surface area (Å²) in [6, 6.07) is 7.27. The second-order valence-electron chi connectivity index (χ2n) is 3.76. The fourth-order valence-electron chi connectivity index (χ4n) is 1.64. The van der Waals surface area contributed by atoms with Crippen LogP contribution in [0.25, 0.3) is 0 Å². The van der Waals surface area contributed by atoms with Crippen molar-refractivity contribution in [3.8, 4) is 11.5 Å². The molecular formula is C13H12BrN3O2S. The van der Waals surface area contributed by atoms with E-state index in [-0.39, 0.29) is 5.84 Å². The molecule has 0 fully saturated rings. The smallest absolute Gasteiger partial charge is 0.175 e. The molecule has 0 aliphatic carbocycles. The molecule has 1 aromatic heterocycles. The van der Waals surface area contributed by atoms with E-state index in [1.54, 1.807) is 24.5 Å². The van der Waals surface area contributed by atoms with E-state index in [1.165, 1.54) is 11.8 Å². The quantitative estimate of drug-likeness (QED) is 0.289. The number of amidine groups is 1. The molecule has 0 atom stereocenters. The molecule has 0 radical (unpaired) electrons. The van der Waals surface area contributed by atoms with Gasteiger partial charge in [-0.3, -0.25) is 4.98 Å². The van der Waals surface area contributed by atoms with Crippen molar-refractivity contribution in [3.05, 3.63) is 46.7 Å². The number of pyridine rings is 1. The lowest BCUT2D eigenvalue weighted by Crippen LogP contribution is -2.15. The van der Waals surface area contributed by atoms with E-state index in [0.29, 0.717) is 17.1 Å². The van der Waals surface area contributed by atoms with Crippen molar-refractivity contribution in [2.24, 2.45) is 10.9 Å². The number of hydrogen-bond donors (Lipinski definition) is 2. The molecule has 0 amide bonds. The first-order valence-corrected chi connectivity index (χ1v) is 7.60. The van der Waals surface area contributed by atoms with Crippen LogP contribution in [0.4, 0.5) is 0 Å². The minimum Gasteiger partial charge on any atom is -0.455 e. The number of aromatic nitrogens is 1. The van der Waals surface area contributed by atoms with Gasteiger partial charge in [-0.25, -0.2) is 0 Å². The largest absolute Gasteiger partial charge is 0.455 e. The van der Waals surface area contributed by atoms with Gasteiger partial charge in [0.1, 0.15) is 11.5 Å². The molecule has 5 nitrogen and oxygen atoms in total. The monoisotopic (exact) mass is 353 g/mol. The average Bonchev–Trinajstić information content (AvgIpc) is 2.46. The van der Waals surface area contributed by atoms with Crippen molar-refractivity contribution in [2.45, 2.75) is 4.90 Å². The Labute approximate surface area is 129 Å². The minimum absolute atomic E-state index is 0.00732. The van der Waals surface area contributed by atoms with E-state index in [0.717, 1.165) is 9.37 Å². The van der Waals surface area contributed by atoms with Gasteiger partial charge < -0.3 is 15.7 Å². The lowest BCUT2D eigenvalue weighted by Gasteiger charge is -2.13. The summed E-state index contributed by atoms with van der Waals surface area (Å²) >= 11 is 4.82. The van der Waals surface area contributed by atoms with Crippen LogP contribution in [0.3, 0.4) is 0 Å². The summed E-state index contributed by atoms with van der Waals surface area (Å²) in [5.41, 5.74) is 6.29. The number of nitrogens with zero attached hydrogens (tertiary/aromatic N) is 2. The maximum Gasteiger partial charge on any atom is 0.175 e. The third-order valence-corrected chi connectivity index (χ3v) is 3.69. The van der Waals surface area contributed by atoms with Gasteiger partial charge in [0.05, 0.1) is 11.8 Å². The fraction of sp³-hybridized carbons (Fsp3) is 0.0769. The highest BCUT2D eigenvalue weighted by Gasteiger charge is 2.14. The van der Waals surface area contributed by atoms with Crippen LogP contribution in [-0.4, -0.2) is 22.3 Å². The number of nitrogens with two attached hydrogens (primary N) is 1. The Hall–Kier alpha value is -1.73. The maximum absolute atomic E-state index is 8.92. The van der Waals surface area contributed by atoms with Gasteiger partial charge in [0.15, 0.2) is 5.84 Å². The van der Waals surface area contributed by atoms with Gasteiger partial charge in [-0.15, -0.1) is 11.8 Å². The van der Waals surface area contributed by atoms with Crippen LogP contribution in [0.15, 0.2) is 51.2 Å². The molecule has 1 aromatic carbocycles. The minimum atomic E-state index is 0.00732. The van der Waals surface area contributed by atoms with Gasteiger partial charge >= 0.3 is 0 Å². The van der Waals surface area contributed by atoms with Gasteiger partial charge in [0, 0.05) is 15.6 Å². The third kappa shape index (κ3) is 3.23. The van der Waals surface area contributed by atoms with E-state index in [4.69, 9.17) is 15.7 Å². The second kappa shape index (κ2) is 6.62. The molecule has 2 rings (SSSR count). The topological polar surface area (TPSA) is 80.7 Å². The Morgan fingerprint density at radius 3 is 2.90 bits per heavy atom. The SMILES string of the molecule is CSc1cccc(Oc2cncc(Br)c2)c1/C(N)=N/O. The van der Waals surface area contributed by atoms with E-state index in [2.05, 4.69) is 26.1 Å². The molecule has 0 spiro atoms. The van der Waals surface area contributed by atoms with Crippen molar-refractivity contribution >= 4 is 33.5 Å². The summed E-state index contributed by atoms with van der Waals surface area (Å²) in [5.74, 6) is 1.07.